The van der Waals surface area contributed by atoms with E-state index in [0.29, 0.717) is 11.4 Å². The van der Waals surface area contributed by atoms with Crippen LogP contribution in [0.15, 0.2) is 53.3 Å². The minimum atomic E-state index is -0.567. The maximum Gasteiger partial charge on any atom is 0.244 e. The highest BCUT2D eigenvalue weighted by molar-refractivity contribution is 5.92. The number of nitrogens with one attached hydrogen (secondary N) is 1. The van der Waals surface area contributed by atoms with Crippen molar-refractivity contribution in [3.8, 4) is 0 Å². The number of carbonyl (C=O) groups is 1. The molecule has 1 aromatic heterocycles. The SMILES string of the molecule is Cc1cc(=O)c2cccc(F)c2n1CC(=O)Nc1ccc(F)cc1. The molecule has 0 radical (unpaired) electrons. The third-order valence-corrected chi connectivity index (χ3v) is 3.72. The normalized spacial score (nSPS) is 10.8. The molecular formula is C18H14F2N2O2. The average Bonchev–Trinajstić information content (AvgIpc) is 2.54. The van der Waals surface area contributed by atoms with Crippen molar-refractivity contribution in [3.05, 3.63) is 76.1 Å². The molecule has 0 unspecified atom stereocenters. The van der Waals surface area contributed by atoms with Gasteiger partial charge in [-0.05, 0) is 43.3 Å². The predicted octanol–water partition coefficient (Wildman–Crippen LogP) is 3.23. The van der Waals surface area contributed by atoms with E-state index in [-0.39, 0.29) is 22.9 Å². The van der Waals surface area contributed by atoms with Gasteiger partial charge in [0, 0.05) is 22.8 Å². The summed E-state index contributed by atoms with van der Waals surface area (Å²) in [6.45, 7) is 1.47. The van der Waals surface area contributed by atoms with Crippen molar-refractivity contribution in [1.82, 2.24) is 4.57 Å². The number of pyridine rings is 1. The van der Waals surface area contributed by atoms with Gasteiger partial charge in [0.1, 0.15) is 18.2 Å². The fourth-order valence-corrected chi connectivity index (χ4v) is 2.59. The van der Waals surface area contributed by atoms with E-state index in [1.807, 2.05) is 0 Å². The number of amides is 1. The second-order valence-electron chi connectivity index (χ2n) is 5.43. The molecule has 3 aromatic rings. The first-order valence-electron chi connectivity index (χ1n) is 7.30. The van der Waals surface area contributed by atoms with E-state index in [4.69, 9.17) is 0 Å². The molecule has 1 N–H and O–H groups in total. The number of halogens is 2. The Balaban J connectivity index is 1.96. The Morgan fingerprint density at radius 2 is 1.83 bits per heavy atom. The van der Waals surface area contributed by atoms with Gasteiger partial charge in [-0.2, -0.15) is 0 Å². The van der Waals surface area contributed by atoms with Crippen molar-refractivity contribution in [2.24, 2.45) is 0 Å². The summed E-state index contributed by atoms with van der Waals surface area (Å²) in [6.07, 6.45) is 0. The largest absolute Gasteiger partial charge is 0.333 e. The van der Waals surface area contributed by atoms with Crippen LogP contribution in [0, 0.1) is 18.6 Å². The minimum Gasteiger partial charge on any atom is -0.333 e. The van der Waals surface area contributed by atoms with Gasteiger partial charge in [0.15, 0.2) is 5.43 Å². The summed E-state index contributed by atoms with van der Waals surface area (Å²) in [4.78, 5) is 24.2. The number of para-hydroxylation sites is 1. The fraction of sp³-hybridized carbons (Fsp3) is 0.111. The molecular weight excluding hydrogens is 314 g/mol. The van der Waals surface area contributed by atoms with Crippen molar-refractivity contribution < 1.29 is 13.6 Å². The van der Waals surface area contributed by atoms with Crippen molar-refractivity contribution in [3.63, 3.8) is 0 Å². The van der Waals surface area contributed by atoms with Crippen LogP contribution in [0.3, 0.4) is 0 Å². The molecule has 0 aliphatic heterocycles. The zero-order valence-electron chi connectivity index (χ0n) is 12.8. The third kappa shape index (κ3) is 3.03. The molecule has 0 atom stereocenters. The minimum absolute atomic E-state index is 0.0942. The monoisotopic (exact) mass is 328 g/mol. The highest BCUT2D eigenvalue weighted by Gasteiger charge is 2.13. The fourth-order valence-electron chi connectivity index (χ4n) is 2.59. The molecule has 0 spiro atoms. The van der Waals surface area contributed by atoms with Gasteiger partial charge in [-0.1, -0.05) is 6.07 Å². The molecule has 0 fully saturated rings. The first kappa shape index (κ1) is 15.9. The molecule has 24 heavy (non-hydrogen) atoms. The van der Waals surface area contributed by atoms with E-state index in [2.05, 4.69) is 5.32 Å². The van der Waals surface area contributed by atoms with Crippen LogP contribution in [0.2, 0.25) is 0 Å². The van der Waals surface area contributed by atoms with E-state index in [1.54, 1.807) is 6.92 Å². The van der Waals surface area contributed by atoms with Crippen molar-refractivity contribution >= 4 is 22.5 Å². The van der Waals surface area contributed by atoms with Crippen LogP contribution in [-0.4, -0.2) is 10.5 Å². The molecule has 4 nitrogen and oxygen atoms in total. The number of fused-ring (bicyclic) bond motifs is 1. The lowest BCUT2D eigenvalue weighted by molar-refractivity contribution is -0.116. The number of carbonyl (C=O) groups excluding carboxylic acids is 1. The van der Waals surface area contributed by atoms with Gasteiger partial charge in [0.25, 0.3) is 0 Å². The maximum absolute atomic E-state index is 14.2. The lowest BCUT2D eigenvalue weighted by Gasteiger charge is -2.15. The summed E-state index contributed by atoms with van der Waals surface area (Å²) < 4.78 is 28.5. The molecule has 0 aliphatic carbocycles. The summed E-state index contributed by atoms with van der Waals surface area (Å²) in [5.74, 6) is -1.38. The second kappa shape index (κ2) is 6.23. The Morgan fingerprint density at radius 3 is 2.54 bits per heavy atom. The summed E-state index contributed by atoms with van der Waals surface area (Å²) in [5, 5.41) is 2.83. The molecule has 0 saturated heterocycles. The van der Waals surface area contributed by atoms with Crippen LogP contribution < -0.4 is 10.7 Å². The van der Waals surface area contributed by atoms with Crippen molar-refractivity contribution in [2.75, 3.05) is 5.32 Å². The van der Waals surface area contributed by atoms with Crippen LogP contribution in [0.1, 0.15) is 5.69 Å². The summed E-state index contributed by atoms with van der Waals surface area (Å²) in [5.41, 5.74) is 0.714. The first-order chi connectivity index (χ1) is 11.5. The summed E-state index contributed by atoms with van der Waals surface area (Å²) in [6, 6.07) is 10.9. The zero-order chi connectivity index (χ0) is 17.3. The van der Waals surface area contributed by atoms with Gasteiger partial charge >= 0.3 is 0 Å². The van der Waals surface area contributed by atoms with Gasteiger partial charge in [0.05, 0.1) is 5.52 Å². The Labute approximate surface area is 136 Å². The number of hydrogen-bond acceptors (Lipinski definition) is 2. The lowest BCUT2D eigenvalue weighted by Crippen LogP contribution is -2.22. The molecule has 1 heterocycles. The van der Waals surface area contributed by atoms with E-state index in [0.717, 1.165) is 0 Å². The Hall–Kier alpha value is -3.02. The number of anilines is 1. The number of benzene rings is 2. The number of aryl methyl sites for hydroxylation is 1. The zero-order valence-corrected chi connectivity index (χ0v) is 12.8. The number of nitrogens with zero attached hydrogens (tertiary/aromatic N) is 1. The quantitative estimate of drug-likeness (QED) is 0.802. The van der Waals surface area contributed by atoms with Gasteiger partial charge < -0.3 is 9.88 Å². The molecule has 2 aromatic carbocycles. The molecule has 0 bridgehead atoms. The molecule has 122 valence electrons. The van der Waals surface area contributed by atoms with Gasteiger partial charge in [-0.15, -0.1) is 0 Å². The smallest absolute Gasteiger partial charge is 0.244 e. The van der Waals surface area contributed by atoms with E-state index in [1.165, 1.54) is 53.1 Å². The van der Waals surface area contributed by atoms with Crippen molar-refractivity contribution in [2.45, 2.75) is 13.5 Å². The van der Waals surface area contributed by atoms with E-state index < -0.39 is 17.5 Å². The predicted molar refractivity (Wildman–Crippen MR) is 87.9 cm³/mol. The molecule has 1 amide bonds. The number of rotatable bonds is 3. The molecule has 0 saturated carbocycles. The second-order valence-corrected chi connectivity index (χ2v) is 5.43. The van der Waals surface area contributed by atoms with Gasteiger partial charge in [-0.25, -0.2) is 8.78 Å². The van der Waals surface area contributed by atoms with Crippen LogP contribution in [-0.2, 0) is 11.3 Å². The van der Waals surface area contributed by atoms with E-state index >= 15 is 0 Å². The maximum atomic E-state index is 14.2. The van der Waals surface area contributed by atoms with Crippen LogP contribution >= 0.6 is 0 Å². The van der Waals surface area contributed by atoms with Crippen LogP contribution in [0.4, 0.5) is 14.5 Å². The van der Waals surface area contributed by atoms with E-state index in [9.17, 15) is 18.4 Å². The first-order valence-corrected chi connectivity index (χ1v) is 7.30. The topological polar surface area (TPSA) is 51.1 Å². The average molecular weight is 328 g/mol. The van der Waals surface area contributed by atoms with Gasteiger partial charge in [-0.3, -0.25) is 9.59 Å². The summed E-state index contributed by atoms with van der Waals surface area (Å²) >= 11 is 0. The van der Waals surface area contributed by atoms with Crippen molar-refractivity contribution in [1.29, 1.82) is 0 Å². The van der Waals surface area contributed by atoms with Crippen LogP contribution in [0.5, 0.6) is 0 Å². The molecule has 0 aliphatic rings. The molecule has 6 heteroatoms. The van der Waals surface area contributed by atoms with Gasteiger partial charge in [0.2, 0.25) is 5.91 Å². The Morgan fingerprint density at radius 1 is 1.12 bits per heavy atom. The number of aromatic nitrogens is 1. The third-order valence-electron chi connectivity index (χ3n) is 3.72. The highest BCUT2D eigenvalue weighted by atomic mass is 19.1. The molecule has 3 rings (SSSR count). The number of hydrogen-bond donors (Lipinski definition) is 1. The summed E-state index contributed by atoms with van der Waals surface area (Å²) in [7, 11) is 0. The lowest BCUT2D eigenvalue weighted by atomic mass is 10.1. The Bertz CT molecular complexity index is 979. The van der Waals surface area contributed by atoms with Crippen LogP contribution in [0.25, 0.3) is 10.9 Å². The Kier molecular flexibility index (Phi) is 4.12. The highest BCUT2D eigenvalue weighted by Crippen LogP contribution is 2.17. The standard InChI is InChI=1S/C18H14F2N2O2/c1-11-9-16(23)14-3-2-4-15(20)18(14)22(11)10-17(24)21-13-7-5-12(19)6-8-13/h2-9H,10H2,1H3,(H,21,24).